The van der Waals surface area contributed by atoms with Crippen LogP contribution in [0.4, 0.5) is 0 Å². The van der Waals surface area contributed by atoms with E-state index in [1.807, 2.05) is 12.1 Å². The molecule has 0 fully saturated rings. The van der Waals surface area contributed by atoms with Gasteiger partial charge in [0, 0.05) is 35.4 Å². The van der Waals surface area contributed by atoms with Gasteiger partial charge >= 0.3 is 63.3 Å². The molecule has 0 unspecified atom stereocenters. The summed E-state index contributed by atoms with van der Waals surface area (Å²) in [4.78, 5) is 107. The molecule has 6 amide bonds. The Morgan fingerprint density at radius 1 is 0.536 bits per heavy atom. The van der Waals surface area contributed by atoms with Gasteiger partial charge in [-0.25, -0.2) is 9.59 Å². The monoisotopic (exact) mass is 1230 g/mol. The molecule has 344 valence electrons. The third-order valence-electron chi connectivity index (χ3n) is 10.1. The SMILES string of the molecule is COC(=O)c1ccc(CBr)cc1Br.O=C(Cl)c1ccc(CN2C(=O)c3ccccc3C2=O)cc1Br.O=C(O)c1ccc(CN2C(=O)c3ccccc3C2=O)cc1Br.O=C1[N-]C(=O)c2ccccc21.[K+]. The van der Waals surface area contributed by atoms with Gasteiger partial charge in [0.05, 0.1) is 65.4 Å². The van der Waals surface area contributed by atoms with Crippen molar-refractivity contribution in [1.82, 2.24) is 9.80 Å². The van der Waals surface area contributed by atoms with Crippen LogP contribution in [0.15, 0.2) is 141 Å². The number of amides is 6. The number of methoxy groups -OCH3 is 1. The van der Waals surface area contributed by atoms with Gasteiger partial charge in [-0.2, -0.15) is 0 Å². The van der Waals surface area contributed by atoms with Crippen LogP contribution in [0.5, 0.6) is 0 Å². The topological polar surface area (TPSA) is 204 Å². The predicted molar refractivity (Wildman–Crippen MR) is 263 cm³/mol. The van der Waals surface area contributed by atoms with E-state index in [2.05, 4.69) is 73.8 Å². The van der Waals surface area contributed by atoms with Gasteiger partial charge in [0.1, 0.15) is 0 Å². The molecule has 3 heterocycles. The molecule has 3 aliphatic heterocycles. The first kappa shape index (κ1) is 55.1. The van der Waals surface area contributed by atoms with E-state index in [0.29, 0.717) is 59.0 Å². The molecule has 6 aromatic rings. The van der Waals surface area contributed by atoms with Crippen LogP contribution in [0.1, 0.15) is 110 Å². The number of imide groups is 3. The number of hydrogen-bond donors (Lipinski definition) is 1. The van der Waals surface area contributed by atoms with Crippen molar-refractivity contribution < 1.29 is 104 Å². The number of aromatic carboxylic acids is 1. The Kier molecular flexibility index (Phi) is 19.8. The minimum Gasteiger partial charge on any atom is -0.587 e. The number of benzene rings is 6. The molecule has 1 N–H and O–H groups in total. The molecule has 14 nitrogen and oxygen atoms in total. The molecule has 9 rings (SSSR count). The van der Waals surface area contributed by atoms with Gasteiger partial charge in [0.25, 0.3) is 28.9 Å². The number of carboxylic acids is 1. The van der Waals surface area contributed by atoms with E-state index in [1.165, 1.54) is 18.1 Å². The average Bonchev–Trinajstić information content (AvgIpc) is 3.85. The van der Waals surface area contributed by atoms with Crippen LogP contribution in [0, 0.1) is 0 Å². The Morgan fingerprint density at radius 3 is 1.20 bits per heavy atom. The third kappa shape index (κ3) is 12.9. The zero-order valence-electron chi connectivity index (χ0n) is 36.0. The summed E-state index contributed by atoms with van der Waals surface area (Å²) in [6.07, 6.45) is 0. The summed E-state index contributed by atoms with van der Waals surface area (Å²) in [7, 11) is 1.37. The summed E-state index contributed by atoms with van der Waals surface area (Å²) in [6, 6.07) is 35.1. The summed E-state index contributed by atoms with van der Waals surface area (Å²) in [5.41, 5.74) is 5.98. The van der Waals surface area contributed by atoms with E-state index in [0.717, 1.165) is 25.8 Å². The van der Waals surface area contributed by atoms with Crippen LogP contribution in [0.2, 0.25) is 0 Å². The van der Waals surface area contributed by atoms with Crippen LogP contribution in [0.25, 0.3) is 5.32 Å². The number of hydrogen-bond acceptors (Lipinski definition) is 10. The fraction of sp³-hybridized carbons (Fsp3) is 0.0816. The van der Waals surface area contributed by atoms with Crippen molar-refractivity contribution in [2.24, 2.45) is 0 Å². The van der Waals surface area contributed by atoms with Crippen LogP contribution < -0.4 is 51.4 Å². The number of nitrogens with zero attached hydrogens (tertiary/aromatic N) is 3. The minimum absolute atomic E-state index is 0. The second kappa shape index (κ2) is 24.8. The van der Waals surface area contributed by atoms with Gasteiger partial charge in [-0.3, -0.25) is 33.8 Å². The van der Waals surface area contributed by atoms with E-state index in [-0.39, 0.29) is 99.6 Å². The Hall–Kier alpha value is -4.80. The number of carboxylic acid groups (broad SMARTS) is 1. The van der Waals surface area contributed by atoms with Crippen molar-refractivity contribution in [1.29, 1.82) is 0 Å². The summed E-state index contributed by atoms with van der Waals surface area (Å²) < 4.78 is 6.31. The number of carbonyl (C=O) groups is 9. The number of fused-ring (bicyclic) bond motifs is 3. The normalized spacial score (nSPS) is 12.7. The zero-order valence-corrected chi connectivity index (χ0v) is 46.2. The van der Waals surface area contributed by atoms with Gasteiger partial charge in [-0.05, 0) is 137 Å². The average molecular weight is 1230 g/mol. The van der Waals surface area contributed by atoms with Crippen molar-refractivity contribution in [2.75, 3.05) is 7.11 Å². The molecule has 69 heavy (non-hydrogen) atoms. The summed E-state index contributed by atoms with van der Waals surface area (Å²) in [6.45, 7) is 0.243. The number of halogens is 5. The van der Waals surface area contributed by atoms with E-state index in [9.17, 15) is 43.2 Å². The van der Waals surface area contributed by atoms with Gasteiger partial charge in [-0.1, -0.05) is 82.7 Å². The van der Waals surface area contributed by atoms with Crippen molar-refractivity contribution >= 4 is 128 Å². The maximum absolute atomic E-state index is 12.3. The van der Waals surface area contributed by atoms with Crippen LogP contribution >= 0.6 is 75.3 Å². The smallest absolute Gasteiger partial charge is 0.587 e. The molecule has 0 radical (unpaired) electrons. The fourth-order valence-electron chi connectivity index (χ4n) is 6.76. The van der Waals surface area contributed by atoms with Crippen molar-refractivity contribution in [3.63, 3.8) is 0 Å². The largest absolute Gasteiger partial charge is 1.00 e. The molecule has 20 heteroatoms. The van der Waals surface area contributed by atoms with Crippen LogP contribution in [-0.4, -0.2) is 74.6 Å². The summed E-state index contributed by atoms with van der Waals surface area (Å²) in [5.74, 6) is -3.51. The molecule has 0 aromatic heterocycles. The molecular formula is C49H31Br4ClKN3O11. The molecule has 0 atom stereocenters. The van der Waals surface area contributed by atoms with E-state index < -0.39 is 23.0 Å². The van der Waals surface area contributed by atoms with Gasteiger partial charge in [0.2, 0.25) is 0 Å². The number of esters is 1. The van der Waals surface area contributed by atoms with Crippen molar-refractivity contribution in [2.45, 2.75) is 18.4 Å². The Balaban J connectivity index is 0.000000178. The molecular weight excluding hydrogens is 1200 g/mol. The molecule has 0 aliphatic carbocycles. The summed E-state index contributed by atoms with van der Waals surface area (Å²) >= 11 is 18.5. The second-order valence-corrected chi connectivity index (χ2v) is 17.9. The first-order valence-corrected chi connectivity index (χ1v) is 23.6. The van der Waals surface area contributed by atoms with E-state index >= 15 is 0 Å². The van der Waals surface area contributed by atoms with Crippen LogP contribution in [-0.2, 0) is 23.2 Å². The number of ether oxygens (including phenoxy) is 1. The van der Waals surface area contributed by atoms with Gasteiger partial charge in [0.15, 0.2) is 0 Å². The fourth-order valence-corrected chi connectivity index (χ4v) is 9.18. The minimum atomic E-state index is -1.04. The maximum atomic E-state index is 12.3. The van der Waals surface area contributed by atoms with Crippen LogP contribution in [0.3, 0.4) is 0 Å². The Morgan fingerprint density at radius 2 is 0.870 bits per heavy atom. The first-order valence-electron chi connectivity index (χ1n) is 19.7. The van der Waals surface area contributed by atoms with E-state index in [4.69, 9.17) is 16.7 Å². The number of alkyl halides is 1. The molecule has 0 spiro atoms. The molecule has 0 saturated carbocycles. The molecule has 0 bridgehead atoms. The number of carbonyl (C=O) groups excluding carboxylic acids is 8. The Bertz CT molecular complexity index is 2860. The van der Waals surface area contributed by atoms with Gasteiger partial charge < -0.3 is 24.7 Å². The second-order valence-electron chi connectivity index (χ2n) is 14.4. The summed E-state index contributed by atoms with van der Waals surface area (Å²) in [5, 5.41) is 12.5. The van der Waals surface area contributed by atoms with E-state index in [1.54, 1.807) is 109 Å². The van der Waals surface area contributed by atoms with Crippen molar-refractivity contribution in [3.8, 4) is 0 Å². The molecule has 3 aliphatic rings. The quantitative estimate of drug-likeness (QED) is 0.0508. The Labute approximate surface area is 475 Å². The number of rotatable bonds is 8. The molecule has 6 aromatic carbocycles. The third-order valence-corrected chi connectivity index (χ3v) is 13.0. The maximum Gasteiger partial charge on any atom is 1.00 e. The predicted octanol–water partition coefficient (Wildman–Crippen LogP) is 8.06. The zero-order chi connectivity index (χ0) is 49.4. The van der Waals surface area contributed by atoms with Gasteiger partial charge in [-0.15, -0.1) is 0 Å². The van der Waals surface area contributed by atoms with Crippen molar-refractivity contribution in [3.05, 3.63) is 213 Å². The molecule has 0 saturated heterocycles. The first-order chi connectivity index (χ1) is 32.4. The standard InChI is InChI=1S/C16H9BrClNO3.C16H10BrNO4.C9H8Br2O2.C8H5NO2.K/c17-13-7-9(5-6-12(13)14(18)20)8-19-15(21)10-3-1-2-4-11(10)16(19)22;17-13-7-9(5-6-12(13)16(21)22)8-18-14(19)10-3-1-2-4-11(10)15(18)20;1-13-9(12)7-3-2-6(5-10)4-8(7)11;10-7-5-3-1-2-4-6(5)8(11)9-7;/h1-7H,8H2;1-7H,8H2,(H,21,22);2-4H,5H2,1H3;1-4H,(H,9,10,11);/q;;;;+1/p-1.